The van der Waals surface area contributed by atoms with Crippen molar-refractivity contribution >= 4 is 12.0 Å². The second-order valence-electron chi connectivity index (χ2n) is 5.91. The van der Waals surface area contributed by atoms with E-state index in [4.69, 9.17) is 9.84 Å². The molecule has 0 aromatic rings. The van der Waals surface area contributed by atoms with Crippen LogP contribution < -0.4 is 0 Å². The quantitative estimate of drug-likeness (QED) is 0.756. The van der Waals surface area contributed by atoms with Crippen LogP contribution in [0.15, 0.2) is 0 Å². The number of aliphatic hydroxyl groups is 1. The molecule has 1 rings (SSSR count). The third kappa shape index (κ3) is 5.51. The highest BCUT2D eigenvalue weighted by Crippen LogP contribution is 2.22. The SMILES string of the molecule is CC(C)N(CCC(=O)O)C(=O)N(C)CC1(O)CCOCC1. The predicted molar refractivity (Wildman–Crippen MR) is 77.1 cm³/mol. The first-order valence-corrected chi connectivity index (χ1v) is 7.29. The lowest BCUT2D eigenvalue weighted by Gasteiger charge is -2.38. The Labute approximate surface area is 125 Å². The van der Waals surface area contributed by atoms with Crippen LogP contribution in [0.4, 0.5) is 4.79 Å². The van der Waals surface area contributed by atoms with Gasteiger partial charge in [-0.25, -0.2) is 4.79 Å². The van der Waals surface area contributed by atoms with E-state index >= 15 is 0 Å². The van der Waals surface area contributed by atoms with E-state index in [0.29, 0.717) is 26.1 Å². The van der Waals surface area contributed by atoms with Crippen LogP contribution in [0.25, 0.3) is 0 Å². The minimum atomic E-state index is -0.931. The normalized spacial score (nSPS) is 17.6. The maximum Gasteiger partial charge on any atom is 0.320 e. The molecule has 21 heavy (non-hydrogen) atoms. The van der Waals surface area contributed by atoms with Gasteiger partial charge in [-0.3, -0.25) is 4.79 Å². The molecule has 1 aliphatic heterocycles. The van der Waals surface area contributed by atoms with Crippen molar-refractivity contribution in [1.82, 2.24) is 9.80 Å². The Morgan fingerprint density at radius 2 is 1.86 bits per heavy atom. The maximum absolute atomic E-state index is 12.4. The highest BCUT2D eigenvalue weighted by atomic mass is 16.5. The first-order chi connectivity index (χ1) is 9.75. The summed E-state index contributed by atoms with van der Waals surface area (Å²) in [5.74, 6) is -0.931. The Bertz CT molecular complexity index is 366. The summed E-state index contributed by atoms with van der Waals surface area (Å²) in [4.78, 5) is 26.1. The summed E-state index contributed by atoms with van der Waals surface area (Å²) in [5, 5.41) is 19.2. The molecular formula is C14H26N2O5. The van der Waals surface area contributed by atoms with Gasteiger partial charge in [0.25, 0.3) is 0 Å². The number of amides is 2. The number of carbonyl (C=O) groups is 2. The van der Waals surface area contributed by atoms with E-state index in [1.807, 2.05) is 13.8 Å². The monoisotopic (exact) mass is 302 g/mol. The van der Waals surface area contributed by atoms with E-state index in [0.717, 1.165) is 0 Å². The van der Waals surface area contributed by atoms with E-state index in [-0.39, 0.29) is 31.6 Å². The Kier molecular flexibility index (Phi) is 6.42. The molecule has 0 saturated carbocycles. The molecule has 0 unspecified atom stereocenters. The zero-order chi connectivity index (χ0) is 16.0. The summed E-state index contributed by atoms with van der Waals surface area (Å²) in [6, 6.07) is -0.352. The molecule has 1 aliphatic rings. The molecule has 0 aromatic carbocycles. The second kappa shape index (κ2) is 7.61. The van der Waals surface area contributed by atoms with Crippen LogP contribution in [-0.4, -0.2) is 77.0 Å². The molecule has 1 heterocycles. The number of ether oxygens (including phenoxy) is 1. The van der Waals surface area contributed by atoms with Crippen LogP contribution in [0.3, 0.4) is 0 Å². The van der Waals surface area contributed by atoms with Crippen molar-refractivity contribution < 1.29 is 24.5 Å². The molecule has 1 fully saturated rings. The molecule has 2 N–H and O–H groups in total. The zero-order valence-corrected chi connectivity index (χ0v) is 13.0. The van der Waals surface area contributed by atoms with Crippen LogP contribution >= 0.6 is 0 Å². The molecule has 0 aromatic heterocycles. The van der Waals surface area contributed by atoms with Gasteiger partial charge in [0, 0.05) is 45.7 Å². The van der Waals surface area contributed by atoms with Crippen molar-refractivity contribution in [2.24, 2.45) is 0 Å². The average molecular weight is 302 g/mol. The highest BCUT2D eigenvalue weighted by molar-refractivity contribution is 5.75. The number of carboxylic acids is 1. The summed E-state index contributed by atoms with van der Waals surface area (Å²) in [6.07, 6.45) is 0.915. The van der Waals surface area contributed by atoms with Gasteiger partial charge < -0.3 is 24.7 Å². The number of hydrogen-bond acceptors (Lipinski definition) is 4. The van der Waals surface area contributed by atoms with Gasteiger partial charge in [0.15, 0.2) is 0 Å². The molecule has 0 aliphatic carbocycles. The zero-order valence-electron chi connectivity index (χ0n) is 13.0. The van der Waals surface area contributed by atoms with E-state index in [1.165, 1.54) is 9.80 Å². The molecule has 0 radical (unpaired) electrons. The number of likely N-dealkylation sites (N-methyl/N-ethyl adjacent to an activating group) is 1. The summed E-state index contributed by atoms with van der Waals surface area (Å²) in [6.45, 7) is 5.06. The van der Waals surface area contributed by atoms with E-state index in [2.05, 4.69) is 0 Å². The fourth-order valence-electron chi connectivity index (χ4n) is 2.43. The lowest BCUT2D eigenvalue weighted by molar-refractivity contribution is -0.137. The van der Waals surface area contributed by atoms with Crippen LogP contribution in [-0.2, 0) is 9.53 Å². The molecule has 0 atom stereocenters. The van der Waals surface area contributed by atoms with E-state index < -0.39 is 11.6 Å². The smallest absolute Gasteiger partial charge is 0.320 e. The third-order valence-corrected chi connectivity index (χ3v) is 3.72. The Balaban J connectivity index is 2.62. The van der Waals surface area contributed by atoms with E-state index in [9.17, 15) is 14.7 Å². The van der Waals surface area contributed by atoms with E-state index in [1.54, 1.807) is 7.05 Å². The van der Waals surface area contributed by atoms with Gasteiger partial charge in [-0.1, -0.05) is 0 Å². The molecule has 122 valence electrons. The fraction of sp³-hybridized carbons (Fsp3) is 0.857. The summed E-state index contributed by atoms with van der Waals surface area (Å²) in [7, 11) is 1.63. The number of urea groups is 1. The number of hydrogen-bond donors (Lipinski definition) is 2. The topological polar surface area (TPSA) is 90.3 Å². The largest absolute Gasteiger partial charge is 0.481 e. The van der Waals surface area contributed by atoms with Crippen molar-refractivity contribution in [1.29, 1.82) is 0 Å². The van der Waals surface area contributed by atoms with Crippen molar-refractivity contribution in [2.45, 2.75) is 44.8 Å². The average Bonchev–Trinajstić information content (AvgIpc) is 2.38. The van der Waals surface area contributed by atoms with Gasteiger partial charge in [0.2, 0.25) is 0 Å². The lowest BCUT2D eigenvalue weighted by atomic mass is 9.94. The van der Waals surface area contributed by atoms with Crippen molar-refractivity contribution in [3.05, 3.63) is 0 Å². The molecule has 2 amide bonds. The lowest BCUT2D eigenvalue weighted by Crippen LogP contribution is -2.52. The summed E-state index contributed by atoms with van der Waals surface area (Å²) >= 11 is 0. The van der Waals surface area contributed by atoms with Gasteiger partial charge in [0.05, 0.1) is 18.6 Å². The molecule has 0 bridgehead atoms. The third-order valence-electron chi connectivity index (χ3n) is 3.72. The molecule has 7 nitrogen and oxygen atoms in total. The van der Waals surface area contributed by atoms with Crippen LogP contribution in [0.1, 0.15) is 33.1 Å². The first-order valence-electron chi connectivity index (χ1n) is 7.29. The van der Waals surface area contributed by atoms with Crippen LogP contribution in [0.5, 0.6) is 0 Å². The Morgan fingerprint density at radius 3 is 2.33 bits per heavy atom. The second-order valence-corrected chi connectivity index (χ2v) is 5.91. The fourth-order valence-corrected chi connectivity index (χ4v) is 2.43. The number of rotatable bonds is 6. The minimum absolute atomic E-state index is 0.0874. The number of aliphatic carboxylic acids is 1. The highest BCUT2D eigenvalue weighted by Gasteiger charge is 2.33. The van der Waals surface area contributed by atoms with Gasteiger partial charge in [0.1, 0.15) is 0 Å². The molecule has 7 heteroatoms. The van der Waals surface area contributed by atoms with Gasteiger partial charge in [-0.05, 0) is 13.8 Å². The van der Waals surface area contributed by atoms with Gasteiger partial charge >= 0.3 is 12.0 Å². The molecule has 1 saturated heterocycles. The number of nitrogens with zero attached hydrogens (tertiary/aromatic N) is 2. The Morgan fingerprint density at radius 1 is 1.29 bits per heavy atom. The standard InChI is InChI=1S/C14H26N2O5/c1-11(2)16(7-4-12(17)18)13(19)15(3)10-14(20)5-8-21-9-6-14/h11,20H,4-10H2,1-3H3,(H,17,18). The van der Waals surface area contributed by atoms with Crippen molar-refractivity contribution in [2.75, 3.05) is 33.4 Å². The predicted octanol–water partition coefficient (Wildman–Crippen LogP) is 0.765. The molecule has 0 spiro atoms. The summed E-state index contributed by atoms with van der Waals surface area (Å²) < 4.78 is 5.22. The van der Waals surface area contributed by atoms with Gasteiger partial charge in [-0.2, -0.15) is 0 Å². The number of carboxylic acid groups (broad SMARTS) is 1. The molecular weight excluding hydrogens is 276 g/mol. The number of carbonyl (C=O) groups excluding carboxylic acids is 1. The van der Waals surface area contributed by atoms with Gasteiger partial charge in [-0.15, -0.1) is 0 Å². The minimum Gasteiger partial charge on any atom is -0.481 e. The Hall–Kier alpha value is -1.34. The van der Waals surface area contributed by atoms with Crippen LogP contribution in [0.2, 0.25) is 0 Å². The van der Waals surface area contributed by atoms with Crippen LogP contribution in [0, 0.1) is 0 Å². The summed E-state index contributed by atoms with van der Waals surface area (Å²) in [5.41, 5.74) is -0.919. The van der Waals surface area contributed by atoms with Crippen molar-refractivity contribution in [3.8, 4) is 0 Å². The maximum atomic E-state index is 12.4. The first kappa shape index (κ1) is 17.7. The van der Waals surface area contributed by atoms with Crippen molar-refractivity contribution in [3.63, 3.8) is 0 Å².